The number of hydrogen-bond donors (Lipinski definition) is 1. The van der Waals surface area contributed by atoms with Gasteiger partial charge in [-0.2, -0.15) is 0 Å². The third-order valence-electron chi connectivity index (χ3n) is 7.35. The van der Waals surface area contributed by atoms with Crippen LogP contribution >= 0.6 is 11.8 Å². The van der Waals surface area contributed by atoms with Crippen LogP contribution in [0.5, 0.6) is 23.0 Å². The first-order chi connectivity index (χ1) is 18.0. The predicted molar refractivity (Wildman–Crippen MR) is 140 cm³/mol. The van der Waals surface area contributed by atoms with Crippen molar-refractivity contribution in [2.45, 2.75) is 22.3 Å². The van der Waals surface area contributed by atoms with Gasteiger partial charge in [0.15, 0.2) is 16.4 Å². The maximum absolute atomic E-state index is 13.1. The minimum atomic E-state index is -1.70. The van der Waals surface area contributed by atoms with E-state index in [4.69, 9.17) is 23.9 Å². The second-order valence-corrected chi connectivity index (χ2v) is 9.76. The summed E-state index contributed by atoms with van der Waals surface area (Å²) < 4.78 is 23.7. The molecule has 8 heteroatoms. The van der Waals surface area contributed by atoms with Crippen LogP contribution in [0.15, 0.2) is 78.1 Å². The number of hydrogen-bond acceptors (Lipinski definition) is 8. The van der Waals surface area contributed by atoms with Gasteiger partial charge in [-0.25, -0.2) is 9.97 Å². The van der Waals surface area contributed by atoms with Gasteiger partial charge < -0.3 is 24.1 Å². The van der Waals surface area contributed by atoms with Crippen molar-refractivity contribution in [1.82, 2.24) is 9.97 Å². The van der Waals surface area contributed by atoms with Crippen LogP contribution in [-0.4, -0.2) is 42.7 Å². The molecule has 1 aliphatic carbocycles. The highest BCUT2D eigenvalue weighted by atomic mass is 32.2. The van der Waals surface area contributed by atoms with Crippen molar-refractivity contribution in [1.29, 1.82) is 0 Å². The summed E-state index contributed by atoms with van der Waals surface area (Å²) in [5.41, 5.74) is 0.538. The Hall–Kier alpha value is -3.75. The van der Waals surface area contributed by atoms with E-state index in [9.17, 15) is 5.11 Å². The van der Waals surface area contributed by atoms with Gasteiger partial charge >= 0.3 is 0 Å². The quantitative estimate of drug-likeness (QED) is 0.288. The maximum Gasteiger partial charge on any atom is 0.187 e. The molecule has 0 radical (unpaired) electrons. The number of ether oxygens (including phenoxy) is 4. The molecule has 6 rings (SSSR count). The van der Waals surface area contributed by atoms with Crippen LogP contribution in [0.2, 0.25) is 0 Å². The van der Waals surface area contributed by atoms with E-state index >= 15 is 0 Å². The lowest BCUT2D eigenvalue weighted by molar-refractivity contribution is -0.0911. The van der Waals surface area contributed by atoms with Crippen molar-refractivity contribution in [2.75, 3.05) is 27.6 Å². The molecule has 37 heavy (non-hydrogen) atoms. The fourth-order valence-electron chi connectivity index (χ4n) is 5.80. The van der Waals surface area contributed by atoms with Gasteiger partial charge in [0.2, 0.25) is 0 Å². The van der Waals surface area contributed by atoms with E-state index in [1.54, 1.807) is 33.5 Å². The lowest BCUT2D eigenvalue weighted by Gasteiger charge is -2.40. The number of fused-ring (bicyclic) bond motifs is 5. The van der Waals surface area contributed by atoms with Gasteiger partial charge in [-0.3, -0.25) is 0 Å². The molecule has 3 atom stereocenters. The van der Waals surface area contributed by atoms with Crippen LogP contribution in [-0.2, 0) is 11.2 Å². The van der Waals surface area contributed by atoms with E-state index in [1.165, 1.54) is 11.8 Å². The summed E-state index contributed by atoms with van der Waals surface area (Å²) >= 11 is 1.42. The zero-order valence-electron chi connectivity index (χ0n) is 20.9. The van der Waals surface area contributed by atoms with E-state index in [2.05, 4.69) is 4.98 Å². The molecule has 0 amide bonds. The molecule has 0 fully saturated rings. The number of methoxy groups -OCH3 is 3. The summed E-state index contributed by atoms with van der Waals surface area (Å²) in [5, 5.41) is 13.7. The smallest absolute Gasteiger partial charge is 0.187 e. The zero-order chi connectivity index (χ0) is 25.8. The fraction of sp³-hybridized carbons (Fsp3) is 0.241. The highest BCUT2D eigenvalue weighted by Crippen LogP contribution is 2.70. The van der Waals surface area contributed by atoms with Gasteiger partial charge in [0.05, 0.1) is 38.5 Å². The topological polar surface area (TPSA) is 82.9 Å². The molecule has 188 valence electrons. The summed E-state index contributed by atoms with van der Waals surface area (Å²) in [5.74, 6) is 1.77. The van der Waals surface area contributed by atoms with Gasteiger partial charge in [0.1, 0.15) is 23.0 Å². The van der Waals surface area contributed by atoms with Crippen LogP contribution in [0.3, 0.4) is 0 Å². The molecule has 0 spiro atoms. The minimum absolute atomic E-state index is 0.430. The largest absolute Gasteiger partial charge is 0.497 e. The molecule has 1 unspecified atom stereocenters. The summed E-state index contributed by atoms with van der Waals surface area (Å²) in [6.45, 7) is 0. The molecule has 2 aliphatic rings. The number of nitrogens with zero attached hydrogens (tertiary/aromatic N) is 2. The molecular weight excluding hydrogens is 488 g/mol. The van der Waals surface area contributed by atoms with Gasteiger partial charge in [0, 0.05) is 29.5 Å². The molecule has 1 aromatic heterocycles. The molecule has 0 saturated carbocycles. The van der Waals surface area contributed by atoms with E-state index in [-0.39, 0.29) is 0 Å². The SMILES string of the molecule is COc1ccc([C@@]23Oc4cc(OC)cc(OC)c4[C@]2(O)c2nc(SC)ncc2C3c2ccccc2)cc1. The maximum atomic E-state index is 13.1. The first kappa shape index (κ1) is 23.6. The fourth-order valence-corrected chi connectivity index (χ4v) is 6.14. The van der Waals surface area contributed by atoms with Crippen molar-refractivity contribution < 1.29 is 24.1 Å². The van der Waals surface area contributed by atoms with Crippen LogP contribution in [0, 0.1) is 0 Å². The molecule has 0 saturated heterocycles. The Balaban J connectivity index is 1.75. The Morgan fingerprint density at radius 3 is 2.30 bits per heavy atom. The molecule has 1 N–H and O–H groups in total. The summed E-state index contributed by atoms with van der Waals surface area (Å²) in [6.07, 6.45) is 3.73. The van der Waals surface area contributed by atoms with E-state index in [0.29, 0.717) is 39.4 Å². The van der Waals surface area contributed by atoms with Crippen molar-refractivity contribution in [2.24, 2.45) is 0 Å². The Morgan fingerprint density at radius 1 is 0.919 bits per heavy atom. The number of rotatable bonds is 6. The molecule has 2 heterocycles. The van der Waals surface area contributed by atoms with Crippen LogP contribution in [0.4, 0.5) is 0 Å². The number of aromatic nitrogens is 2. The second kappa shape index (κ2) is 8.68. The van der Waals surface area contributed by atoms with E-state index in [0.717, 1.165) is 16.7 Å². The summed E-state index contributed by atoms with van der Waals surface area (Å²) in [4.78, 5) is 9.49. The number of aliphatic hydroxyl groups is 1. The van der Waals surface area contributed by atoms with Gasteiger partial charge in [-0.15, -0.1) is 0 Å². The highest BCUT2D eigenvalue weighted by molar-refractivity contribution is 7.98. The van der Waals surface area contributed by atoms with E-state index < -0.39 is 17.1 Å². The first-order valence-corrected chi connectivity index (χ1v) is 13.0. The van der Waals surface area contributed by atoms with Crippen molar-refractivity contribution in [3.63, 3.8) is 0 Å². The second-order valence-electron chi connectivity index (χ2n) is 8.98. The number of thioether (sulfide) groups is 1. The molecule has 3 aromatic carbocycles. The van der Waals surface area contributed by atoms with Crippen LogP contribution in [0.25, 0.3) is 0 Å². The van der Waals surface area contributed by atoms with Gasteiger partial charge in [-0.05, 0) is 24.0 Å². The molecule has 0 bridgehead atoms. The minimum Gasteiger partial charge on any atom is -0.497 e. The van der Waals surface area contributed by atoms with Crippen molar-refractivity contribution in [3.05, 3.63) is 101 Å². The Morgan fingerprint density at radius 2 is 1.65 bits per heavy atom. The van der Waals surface area contributed by atoms with Crippen LogP contribution < -0.4 is 18.9 Å². The first-order valence-electron chi connectivity index (χ1n) is 11.8. The third-order valence-corrected chi connectivity index (χ3v) is 7.92. The summed E-state index contributed by atoms with van der Waals surface area (Å²) in [7, 11) is 4.79. The summed E-state index contributed by atoms with van der Waals surface area (Å²) in [6, 6.07) is 21.2. The Kier molecular flexibility index (Phi) is 5.54. The van der Waals surface area contributed by atoms with Gasteiger partial charge in [0.25, 0.3) is 0 Å². The normalized spacial score (nSPS) is 23.0. The average molecular weight is 515 g/mol. The highest BCUT2D eigenvalue weighted by Gasteiger charge is 2.73. The molecular formula is C29H26N2O5S. The molecule has 1 aliphatic heterocycles. The zero-order valence-corrected chi connectivity index (χ0v) is 21.7. The van der Waals surface area contributed by atoms with E-state index in [1.807, 2.05) is 67.0 Å². The monoisotopic (exact) mass is 514 g/mol. The molecule has 4 aromatic rings. The predicted octanol–water partition coefficient (Wildman–Crippen LogP) is 4.89. The van der Waals surface area contributed by atoms with Crippen molar-refractivity contribution in [3.8, 4) is 23.0 Å². The number of benzene rings is 3. The lowest BCUT2D eigenvalue weighted by Crippen LogP contribution is -2.49. The average Bonchev–Trinajstić information content (AvgIpc) is 3.34. The van der Waals surface area contributed by atoms with Crippen molar-refractivity contribution >= 4 is 11.8 Å². The Bertz CT molecular complexity index is 1480. The third kappa shape index (κ3) is 3.12. The molecule has 7 nitrogen and oxygen atoms in total. The van der Waals surface area contributed by atoms with Gasteiger partial charge in [-0.1, -0.05) is 54.2 Å². The Labute approximate surface area is 219 Å². The van der Waals surface area contributed by atoms with Crippen LogP contribution in [0.1, 0.15) is 33.9 Å². The lowest BCUT2D eigenvalue weighted by atomic mass is 9.70. The standard InChI is InChI=1S/C29H26N2O5S/c1-33-19-12-10-18(11-13-19)29-24(17-8-6-5-7-9-17)21-16-30-27(37-4)31-26(21)28(29,32)25-22(35-3)14-20(34-2)15-23(25)36-29/h5-16,24,32H,1-4H3/t24?,28-,29-/m0/s1.